The van der Waals surface area contributed by atoms with Gasteiger partial charge in [0.2, 0.25) is 0 Å². The molecule has 2 aliphatic carbocycles. The minimum atomic E-state index is 0.0651. The number of nitrogens with zero attached hydrogens (tertiary/aromatic N) is 3. The first-order valence-electron chi connectivity index (χ1n) is 6.51. The first kappa shape index (κ1) is 11.5. The van der Waals surface area contributed by atoms with Gasteiger partial charge in [-0.05, 0) is 31.1 Å². The summed E-state index contributed by atoms with van der Waals surface area (Å²) in [4.78, 5) is 0. The van der Waals surface area contributed by atoms with Crippen molar-refractivity contribution >= 4 is 11.8 Å². The van der Waals surface area contributed by atoms with E-state index in [-0.39, 0.29) is 6.04 Å². The van der Waals surface area contributed by atoms with Gasteiger partial charge in [-0.3, -0.25) is 0 Å². The summed E-state index contributed by atoms with van der Waals surface area (Å²) in [5.41, 5.74) is 6.19. The van der Waals surface area contributed by atoms with Gasteiger partial charge in [-0.1, -0.05) is 24.6 Å². The van der Waals surface area contributed by atoms with Gasteiger partial charge >= 0.3 is 0 Å². The molecule has 1 heterocycles. The van der Waals surface area contributed by atoms with Crippen LogP contribution in [0.5, 0.6) is 0 Å². The van der Waals surface area contributed by atoms with Crippen molar-refractivity contribution in [2.45, 2.75) is 43.3 Å². The Bertz CT molecular complexity index is 395. The van der Waals surface area contributed by atoms with Crippen molar-refractivity contribution in [1.29, 1.82) is 0 Å². The third-order valence-electron chi connectivity index (χ3n) is 3.63. The summed E-state index contributed by atoms with van der Waals surface area (Å²) in [6.07, 6.45) is 6.53. The fourth-order valence-corrected chi connectivity index (χ4v) is 3.17. The van der Waals surface area contributed by atoms with Crippen LogP contribution in [-0.4, -0.2) is 20.5 Å². The summed E-state index contributed by atoms with van der Waals surface area (Å²) in [5.74, 6) is 3.89. The van der Waals surface area contributed by atoms with Crippen molar-refractivity contribution in [3.63, 3.8) is 0 Å². The van der Waals surface area contributed by atoms with Gasteiger partial charge in [-0.25, -0.2) is 0 Å². The molecule has 0 amide bonds. The van der Waals surface area contributed by atoms with E-state index in [1.165, 1.54) is 31.4 Å². The van der Waals surface area contributed by atoms with E-state index in [1.54, 1.807) is 0 Å². The van der Waals surface area contributed by atoms with Crippen LogP contribution in [0.15, 0.2) is 5.16 Å². The number of hydrogen-bond donors (Lipinski definition) is 1. The lowest BCUT2D eigenvalue weighted by Gasteiger charge is -2.10. The summed E-state index contributed by atoms with van der Waals surface area (Å²) in [6, 6.07) is 0.0651. The van der Waals surface area contributed by atoms with Crippen LogP contribution in [-0.2, 0) is 7.05 Å². The fourth-order valence-electron chi connectivity index (χ4n) is 2.07. The normalized spacial score (nSPS) is 21.8. The second kappa shape index (κ2) is 4.61. The highest BCUT2D eigenvalue weighted by Crippen LogP contribution is 2.37. The lowest BCUT2D eigenvalue weighted by Crippen LogP contribution is -2.16. The van der Waals surface area contributed by atoms with Crippen LogP contribution in [0.1, 0.15) is 44.0 Å². The van der Waals surface area contributed by atoms with E-state index in [9.17, 15) is 0 Å². The molecule has 94 valence electrons. The van der Waals surface area contributed by atoms with Gasteiger partial charge in [0.25, 0.3) is 0 Å². The predicted molar refractivity (Wildman–Crippen MR) is 68.7 cm³/mol. The molecule has 0 bridgehead atoms. The van der Waals surface area contributed by atoms with E-state index >= 15 is 0 Å². The number of nitrogens with two attached hydrogens (primary N) is 1. The average molecular weight is 252 g/mol. The van der Waals surface area contributed by atoms with Gasteiger partial charge in [-0.2, -0.15) is 0 Å². The molecule has 2 fully saturated rings. The van der Waals surface area contributed by atoms with Crippen LogP contribution >= 0.6 is 11.8 Å². The molecule has 5 heteroatoms. The van der Waals surface area contributed by atoms with Crippen molar-refractivity contribution < 1.29 is 0 Å². The topological polar surface area (TPSA) is 56.7 Å². The molecule has 1 aromatic heterocycles. The summed E-state index contributed by atoms with van der Waals surface area (Å²) in [7, 11) is 2.04. The molecule has 1 unspecified atom stereocenters. The smallest absolute Gasteiger partial charge is 0.191 e. The molecule has 4 nitrogen and oxygen atoms in total. The lowest BCUT2D eigenvalue weighted by atomic mass is 10.1. The van der Waals surface area contributed by atoms with Crippen LogP contribution < -0.4 is 5.73 Å². The van der Waals surface area contributed by atoms with Crippen molar-refractivity contribution in [2.75, 3.05) is 5.75 Å². The highest BCUT2D eigenvalue weighted by molar-refractivity contribution is 7.99. The molecule has 0 saturated heterocycles. The van der Waals surface area contributed by atoms with Crippen LogP contribution in [0.2, 0.25) is 0 Å². The monoisotopic (exact) mass is 252 g/mol. The van der Waals surface area contributed by atoms with Gasteiger partial charge in [0.05, 0.1) is 6.04 Å². The second-order valence-electron chi connectivity index (χ2n) is 5.44. The van der Waals surface area contributed by atoms with Crippen molar-refractivity contribution in [3.05, 3.63) is 5.82 Å². The number of hydrogen-bond acceptors (Lipinski definition) is 4. The Morgan fingerprint density at radius 1 is 1.29 bits per heavy atom. The largest absolute Gasteiger partial charge is 0.321 e. The molecule has 0 aliphatic heterocycles. The fraction of sp³-hybridized carbons (Fsp3) is 0.833. The Morgan fingerprint density at radius 3 is 2.65 bits per heavy atom. The van der Waals surface area contributed by atoms with Crippen LogP contribution in [0.25, 0.3) is 0 Å². The Balaban J connectivity index is 1.62. The molecule has 2 N–H and O–H groups in total. The Morgan fingerprint density at radius 2 is 2.00 bits per heavy atom. The number of thioether (sulfide) groups is 1. The maximum atomic E-state index is 6.19. The molecule has 3 rings (SSSR count). The van der Waals surface area contributed by atoms with Crippen molar-refractivity contribution in [3.8, 4) is 0 Å². The maximum absolute atomic E-state index is 6.19. The van der Waals surface area contributed by atoms with Gasteiger partial charge in [0, 0.05) is 12.8 Å². The molecule has 0 aromatic carbocycles. The highest BCUT2D eigenvalue weighted by atomic mass is 32.2. The molecule has 0 spiro atoms. The van der Waals surface area contributed by atoms with Crippen LogP contribution in [0.3, 0.4) is 0 Å². The minimum Gasteiger partial charge on any atom is -0.321 e. The third kappa shape index (κ3) is 2.83. The zero-order chi connectivity index (χ0) is 11.8. The van der Waals surface area contributed by atoms with Crippen LogP contribution in [0, 0.1) is 11.8 Å². The molecule has 2 aliphatic rings. The third-order valence-corrected chi connectivity index (χ3v) is 4.88. The predicted octanol–water partition coefficient (Wildman–Crippen LogP) is 2.12. The zero-order valence-electron chi connectivity index (χ0n) is 10.3. The van der Waals surface area contributed by atoms with Gasteiger partial charge in [0.15, 0.2) is 5.16 Å². The van der Waals surface area contributed by atoms with E-state index in [1.807, 2.05) is 18.8 Å². The van der Waals surface area contributed by atoms with Crippen LogP contribution in [0.4, 0.5) is 0 Å². The Hall–Kier alpha value is -0.550. The standard InChI is InChI=1S/C12H20N4S/c1-16-11(10(13)6-8-2-3-8)14-15-12(16)17-7-9-4-5-9/h8-10H,2-7,13H2,1H3. The number of rotatable bonds is 6. The first-order valence-corrected chi connectivity index (χ1v) is 7.50. The quantitative estimate of drug-likeness (QED) is 0.788. The van der Waals surface area contributed by atoms with Gasteiger partial charge < -0.3 is 10.3 Å². The summed E-state index contributed by atoms with van der Waals surface area (Å²) in [5, 5.41) is 9.55. The van der Waals surface area contributed by atoms with Crippen molar-refractivity contribution in [1.82, 2.24) is 14.8 Å². The molecular formula is C12H20N4S. The van der Waals surface area contributed by atoms with E-state index < -0.39 is 0 Å². The second-order valence-corrected chi connectivity index (χ2v) is 6.43. The molecule has 2 saturated carbocycles. The summed E-state index contributed by atoms with van der Waals surface area (Å²) < 4.78 is 2.08. The van der Waals surface area contributed by atoms with Gasteiger partial charge in [-0.15, -0.1) is 10.2 Å². The van der Waals surface area contributed by atoms with E-state index in [4.69, 9.17) is 5.73 Å². The maximum Gasteiger partial charge on any atom is 0.191 e. The average Bonchev–Trinajstić information content (AvgIpc) is 3.19. The molecule has 1 atom stereocenters. The Labute approximate surface area is 106 Å². The van der Waals surface area contributed by atoms with E-state index in [0.717, 1.165) is 29.2 Å². The first-order chi connectivity index (χ1) is 8.24. The molecular weight excluding hydrogens is 232 g/mol. The minimum absolute atomic E-state index is 0.0651. The van der Waals surface area contributed by atoms with E-state index in [0.29, 0.717) is 0 Å². The SMILES string of the molecule is Cn1c(SCC2CC2)nnc1C(N)CC1CC1. The van der Waals surface area contributed by atoms with Gasteiger partial charge in [0.1, 0.15) is 5.82 Å². The highest BCUT2D eigenvalue weighted by Gasteiger charge is 2.27. The van der Waals surface area contributed by atoms with Crippen molar-refractivity contribution in [2.24, 2.45) is 24.6 Å². The van der Waals surface area contributed by atoms with E-state index in [2.05, 4.69) is 14.8 Å². The zero-order valence-corrected chi connectivity index (χ0v) is 11.1. The number of aromatic nitrogens is 3. The molecule has 0 radical (unpaired) electrons. The molecule has 1 aromatic rings. The summed E-state index contributed by atoms with van der Waals surface area (Å²) >= 11 is 1.82. The summed E-state index contributed by atoms with van der Waals surface area (Å²) in [6.45, 7) is 0. The lowest BCUT2D eigenvalue weighted by molar-refractivity contribution is 0.542. The Kier molecular flexibility index (Phi) is 3.13. The molecule has 17 heavy (non-hydrogen) atoms.